The number of hydrogen-bond acceptors (Lipinski definition) is 3. The Kier molecular flexibility index (Phi) is 3.97. The standard InChI is InChI=1S/C16H14ClNO3/c17-13-5-2-1-4-12(13)16(19)18-11-6-7-14-15(10-11)21-9-3-8-20-14/h1-2,4-7,10H,3,8-9H2,(H,18,19). The Bertz CT molecular complexity index is 672. The molecule has 21 heavy (non-hydrogen) atoms. The van der Waals surface area contributed by atoms with E-state index in [2.05, 4.69) is 5.32 Å². The average Bonchev–Trinajstić information content (AvgIpc) is 2.72. The van der Waals surface area contributed by atoms with Crippen LogP contribution in [0.1, 0.15) is 16.8 Å². The van der Waals surface area contributed by atoms with Gasteiger partial charge >= 0.3 is 0 Å². The topological polar surface area (TPSA) is 47.6 Å². The molecule has 0 saturated heterocycles. The lowest BCUT2D eigenvalue weighted by atomic mass is 10.2. The van der Waals surface area contributed by atoms with Gasteiger partial charge < -0.3 is 14.8 Å². The number of fused-ring (bicyclic) bond motifs is 1. The van der Waals surface area contributed by atoms with Gasteiger partial charge in [-0.2, -0.15) is 0 Å². The summed E-state index contributed by atoms with van der Waals surface area (Å²) < 4.78 is 11.2. The van der Waals surface area contributed by atoms with E-state index in [1.54, 1.807) is 42.5 Å². The number of halogens is 1. The van der Waals surface area contributed by atoms with Gasteiger partial charge in [-0.25, -0.2) is 0 Å². The lowest BCUT2D eigenvalue weighted by Gasteiger charge is -2.11. The third-order valence-corrected chi connectivity index (χ3v) is 3.45. The predicted octanol–water partition coefficient (Wildman–Crippen LogP) is 3.75. The van der Waals surface area contributed by atoms with Crippen LogP contribution in [-0.2, 0) is 0 Å². The molecule has 1 aliphatic heterocycles. The molecule has 4 nitrogen and oxygen atoms in total. The SMILES string of the molecule is O=C(Nc1ccc2c(c1)OCCCO2)c1ccccc1Cl. The van der Waals surface area contributed by atoms with Crippen molar-refractivity contribution >= 4 is 23.2 Å². The van der Waals surface area contributed by atoms with Crippen molar-refractivity contribution < 1.29 is 14.3 Å². The second-order valence-corrected chi connectivity index (χ2v) is 5.05. The maximum Gasteiger partial charge on any atom is 0.257 e. The van der Waals surface area contributed by atoms with Crippen molar-refractivity contribution in [1.29, 1.82) is 0 Å². The van der Waals surface area contributed by atoms with Crippen molar-refractivity contribution in [3.63, 3.8) is 0 Å². The number of carbonyl (C=O) groups is 1. The number of ether oxygens (including phenoxy) is 2. The minimum absolute atomic E-state index is 0.255. The van der Waals surface area contributed by atoms with E-state index in [1.165, 1.54) is 0 Å². The molecule has 5 heteroatoms. The molecule has 0 saturated carbocycles. The molecular weight excluding hydrogens is 290 g/mol. The lowest BCUT2D eigenvalue weighted by Crippen LogP contribution is -2.12. The Morgan fingerprint density at radius 2 is 1.81 bits per heavy atom. The lowest BCUT2D eigenvalue weighted by molar-refractivity contribution is 0.102. The van der Waals surface area contributed by atoms with Gasteiger partial charge in [0.2, 0.25) is 0 Å². The van der Waals surface area contributed by atoms with E-state index in [4.69, 9.17) is 21.1 Å². The monoisotopic (exact) mass is 303 g/mol. The number of nitrogens with one attached hydrogen (secondary N) is 1. The third-order valence-electron chi connectivity index (χ3n) is 3.12. The van der Waals surface area contributed by atoms with Crippen LogP contribution in [0, 0.1) is 0 Å². The molecule has 0 unspecified atom stereocenters. The van der Waals surface area contributed by atoms with Crippen molar-refractivity contribution in [3.8, 4) is 11.5 Å². The number of hydrogen-bond donors (Lipinski definition) is 1. The van der Waals surface area contributed by atoms with Crippen molar-refractivity contribution in [2.45, 2.75) is 6.42 Å². The van der Waals surface area contributed by atoms with Gasteiger partial charge in [0.1, 0.15) is 0 Å². The van der Waals surface area contributed by atoms with E-state index < -0.39 is 0 Å². The number of amides is 1. The Balaban J connectivity index is 1.81. The molecule has 0 bridgehead atoms. The van der Waals surface area contributed by atoms with E-state index in [1.807, 2.05) is 0 Å². The molecule has 1 aliphatic rings. The zero-order valence-electron chi connectivity index (χ0n) is 11.3. The van der Waals surface area contributed by atoms with Gasteiger partial charge in [-0.05, 0) is 24.3 Å². The van der Waals surface area contributed by atoms with Crippen molar-refractivity contribution in [3.05, 3.63) is 53.1 Å². The number of carbonyl (C=O) groups excluding carboxylic acids is 1. The molecule has 0 aromatic heterocycles. The highest BCUT2D eigenvalue weighted by molar-refractivity contribution is 6.34. The van der Waals surface area contributed by atoms with Crippen LogP contribution in [0.5, 0.6) is 11.5 Å². The van der Waals surface area contributed by atoms with Crippen LogP contribution < -0.4 is 14.8 Å². The second-order valence-electron chi connectivity index (χ2n) is 4.65. The Hall–Kier alpha value is -2.20. The first-order chi connectivity index (χ1) is 10.2. The predicted molar refractivity (Wildman–Crippen MR) is 81.5 cm³/mol. The molecule has 0 radical (unpaired) electrons. The maximum absolute atomic E-state index is 12.2. The summed E-state index contributed by atoms with van der Waals surface area (Å²) in [7, 11) is 0. The zero-order valence-corrected chi connectivity index (χ0v) is 12.0. The summed E-state index contributed by atoms with van der Waals surface area (Å²) in [5.41, 5.74) is 1.08. The molecule has 1 amide bonds. The van der Waals surface area contributed by atoms with Crippen LogP contribution in [0.4, 0.5) is 5.69 Å². The molecule has 2 aromatic carbocycles. The Morgan fingerprint density at radius 3 is 2.62 bits per heavy atom. The fourth-order valence-corrected chi connectivity index (χ4v) is 2.31. The average molecular weight is 304 g/mol. The number of anilines is 1. The molecule has 3 rings (SSSR count). The first-order valence-electron chi connectivity index (χ1n) is 6.69. The fraction of sp³-hybridized carbons (Fsp3) is 0.188. The molecule has 1 heterocycles. The van der Waals surface area contributed by atoms with Gasteiger partial charge in [0, 0.05) is 18.2 Å². The molecule has 2 aromatic rings. The fourth-order valence-electron chi connectivity index (χ4n) is 2.08. The Morgan fingerprint density at radius 1 is 1.05 bits per heavy atom. The molecule has 0 atom stereocenters. The second kappa shape index (κ2) is 6.06. The van der Waals surface area contributed by atoms with E-state index in [0.29, 0.717) is 41.0 Å². The molecule has 0 spiro atoms. The summed E-state index contributed by atoms with van der Waals surface area (Å²) in [4.78, 5) is 12.2. The van der Waals surface area contributed by atoms with Gasteiger partial charge in [-0.15, -0.1) is 0 Å². The van der Waals surface area contributed by atoms with Gasteiger partial charge in [0.15, 0.2) is 11.5 Å². The summed E-state index contributed by atoms with van der Waals surface area (Å²) in [6, 6.07) is 12.3. The van der Waals surface area contributed by atoms with Crippen LogP contribution in [0.15, 0.2) is 42.5 Å². The van der Waals surface area contributed by atoms with Gasteiger partial charge in [0.25, 0.3) is 5.91 Å². The highest BCUT2D eigenvalue weighted by Gasteiger charge is 2.13. The highest BCUT2D eigenvalue weighted by atomic mass is 35.5. The van der Waals surface area contributed by atoms with E-state index in [-0.39, 0.29) is 5.91 Å². The molecule has 0 fully saturated rings. The van der Waals surface area contributed by atoms with Crippen LogP contribution in [-0.4, -0.2) is 19.1 Å². The molecule has 1 N–H and O–H groups in total. The highest BCUT2D eigenvalue weighted by Crippen LogP contribution is 2.32. The van der Waals surface area contributed by atoms with Crippen LogP contribution in [0.3, 0.4) is 0 Å². The van der Waals surface area contributed by atoms with Gasteiger partial charge in [0.05, 0.1) is 23.8 Å². The van der Waals surface area contributed by atoms with Crippen molar-refractivity contribution in [2.24, 2.45) is 0 Å². The van der Waals surface area contributed by atoms with Crippen molar-refractivity contribution in [2.75, 3.05) is 18.5 Å². The first-order valence-corrected chi connectivity index (χ1v) is 7.07. The summed E-state index contributed by atoms with van der Waals surface area (Å²) in [5, 5.41) is 3.23. The van der Waals surface area contributed by atoms with Gasteiger partial charge in [-0.3, -0.25) is 4.79 Å². The van der Waals surface area contributed by atoms with Crippen molar-refractivity contribution in [1.82, 2.24) is 0 Å². The van der Waals surface area contributed by atoms with Crippen LogP contribution >= 0.6 is 11.6 Å². The van der Waals surface area contributed by atoms with E-state index >= 15 is 0 Å². The molecular formula is C16H14ClNO3. The largest absolute Gasteiger partial charge is 0.490 e. The summed E-state index contributed by atoms with van der Waals surface area (Å²) >= 11 is 6.02. The first kappa shape index (κ1) is 13.8. The van der Waals surface area contributed by atoms with E-state index in [9.17, 15) is 4.79 Å². The van der Waals surface area contributed by atoms with Crippen LogP contribution in [0.25, 0.3) is 0 Å². The normalized spacial score (nSPS) is 13.4. The quantitative estimate of drug-likeness (QED) is 0.919. The van der Waals surface area contributed by atoms with Gasteiger partial charge in [-0.1, -0.05) is 23.7 Å². The molecule has 108 valence electrons. The third kappa shape index (κ3) is 3.11. The minimum atomic E-state index is -0.255. The number of benzene rings is 2. The smallest absolute Gasteiger partial charge is 0.257 e. The van der Waals surface area contributed by atoms with E-state index in [0.717, 1.165) is 6.42 Å². The Labute approximate surface area is 127 Å². The summed E-state index contributed by atoms with van der Waals surface area (Å²) in [6.45, 7) is 1.24. The zero-order chi connectivity index (χ0) is 14.7. The maximum atomic E-state index is 12.2. The summed E-state index contributed by atoms with van der Waals surface area (Å²) in [5.74, 6) is 1.09. The van der Waals surface area contributed by atoms with Crippen LogP contribution in [0.2, 0.25) is 5.02 Å². The molecule has 0 aliphatic carbocycles. The summed E-state index contributed by atoms with van der Waals surface area (Å²) in [6.07, 6.45) is 0.843. The minimum Gasteiger partial charge on any atom is -0.490 e. The number of rotatable bonds is 2.